The maximum Gasteiger partial charge on any atom is 0.312 e. The van der Waals surface area contributed by atoms with Gasteiger partial charge in [0.15, 0.2) is 6.23 Å². The average Bonchev–Trinajstić information content (AvgIpc) is 2.43. The van der Waals surface area contributed by atoms with E-state index in [2.05, 4.69) is 5.32 Å². The predicted molar refractivity (Wildman–Crippen MR) is 81.0 cm³/mol. The van der Waals surface area contributed by atoms with Crippen LogP contribution in [-0.4, -0.2) is 30.1 Å². The van der Waals surface area contributed by atoms with Gasteiger partial charge >= 0.3 is 5.97 Å². The van der Waals surface area contributed by atoms with Crippen molar-refractivity contribution < 1.29 is 19.4 Å². The first-order valence-electron chi connectivity index (χ1n) is 7.11. The zero-order valence-corrected chi connectivity index (χ0v) is 13.3. The molecule has 5 nitrogen and oxygen atoms in total. The largest absolute Gasteiger partial charge is 0.475 e. The number of methoxy groups -OCH3 is 1. The van der Waals surface area contributed by atoms with Crippen molar-refractivity contribution >= 4 is 5.97 Å². The smallest absolute Gasteiger partial charge is 0.312 e. The standard InChI is InChI=1S/C16H25NO4/c1-6-14(17-16(3,4)19)21-13-9-7-8-12(10-13)11(2)15(18)20-5/h7-11,14,17,19H,6H2,1-5H3. The predicted octanol–water partition coefficient (Wildman–Crippen LogP) is 2.40. The van der Waals surface area contributed by atoms with Crippen LogP contribution in [0.25, 0.3) is 0 Å². The summed E-state index contributed by atoms with van der Waals surface area (Å²) in [7, 11) is 1.37. The molecule has 0 amide bonds. The zero-order chi connectivity index (χ0) is 16.0. The topological polar surface area (TPSA) is 67.8 Å². The van der Waals surface area contributed by atoms with Crippen LogP contribution in [0, 0.1) is 0 Å². The molecule has 1 aromatic rings. The molecule has 21 heavy (non-hydrogen) atoms. The lowest BCUT2D eigenvalue weighted by atomic mass is 10.0. The number of rotatable bonds is 7. The Hall–Kier alpha value is -1.59. The first-order chi connectivity index (χ1) is 9.76. The second-order valence-corrected chi connectivity index (χ2v) is 5.54. The highest BCUT2D eigenvalue weighted by Crippen LogP contribution is 2.22. The summed E-state index contributed by atoms with van der Waals surface area (Å²) in [6, 6.07) is 7.33. The summed E-state index contributed by atoms with van der Waals surface area (Å²) in [6.07, 6.45) is 0.384. The Labute approximate surface area is 126 Å². The van der Waals surface area contributed by atoms with Crippen molar-refractivity contribution in [1.29, 1.82) is 0 Å². The molecule has 0 radical (unpaired) electrons. The van der Waals surface area contributed by atoms with Gasteiger partial charge in [-0.1, -0.05) is 19.1 Å². The molecule has 0 aliphatic rings. The monoisotopic (exact) mass is 295 g/mol. The van der Waals surface area contributed by atoms with Crippen LogP contribution < -0.4 is 10.1 Å². The molecule has 5 heteroatoms. The molecule has 118 valence electrons. The summed E-state index contributed by atoms with van der Waals surface area (Å²) in [6.45, 7) is 7.07. The zero-order valence-electron chi connectivity index (χ0n) is 13.3. The third kappa shape index (κ3) is 5.73. The van der Waals surface area contributed by atoms with E-state index in [9.17, 15) is 9.90 Å². The van der Waals surface area contributed by atoms with Crippen LogP contribution in [0.15, 0.2) is 24.3 Å². The third-order valence-corrected chi connectivity index (χ3v) is 3.08. The van der Waals surface area contributed by atoms with E-state index in [0.29, 0.717) is 12.2 Å². The van der Waals surface area contributed by atoms with E-state index in [-0.39, 0.29) is 18.1 Å². The Balaban J connectivity index is 2.82. The molecule has 0 heterocycles. The molecule has 1 aromatic carbocycles. The lowest BCUT2D eigenvalue weighted by molar-refractivity contribution is -0.141. The van der Waals surface area contributed by atoms with Crippen molar-refractivity contribution in [3.8, 4) is 5.75 Å². The maximum absolute atomic E-state index is 11.6. The fourth-order valence-electron chi connectivity index (χ4n) is 1.94. The number of ether oxygens (including phenoxy) is 2. The average molecular weight is 295 g/mol. The molecule has 0 aliphatic carbocycles. The van der Waals surface area contributed by atoms with Crippen LogP contribution in [0.2, 0.25) is 0 Å². The summed E-state index contributed by atoms with van der Waals surface area (Å²) < 4.78 is 10.6. The van der Waals surface area contributed by atoms with Crippen LogP contribution in [0.4, 0.5) is 0 Å². The number of hydrogen-bond donors (Lipinski definition) is 2. The van der Waals surface area contributed by atoms with E-state index in [1.54, 1.807) is 20.8 Å². The maximum atomic E-state index is 11.6. The van der Waals surface area contributed by atoms with Gasteiger partial charge in [-0.05, 0) is 44.9 Å². The summed E-state index contributed by atoms with van der Waals surface area (Å²) in [5.41, 5.74) is -0.185. The lowest BCUT2D eigenvalue weighted by Crippen LogP contribution is -2.48. The molecular formula is C16H25NO4. The van der Waals surface area contributed by atoms with Crippen molar-refractivity contribution in [2.24, 2.45) is 0 Å². The molecule has 0 saturated carbocycles. The van der Waals surface area contributed by atoms with Gasteiger partial charge in [-0.25, -0.2) is 0 Å². The van der Waals surface area contributed by atoms with E-state index in [0.717, 1.165) is 5.56 Å². The highest BCUT2D eigenvalue weighted by atomic mass is 16.5. The van der Waals surface area contributed by atoms with Gasteiger partial charge in [0.25, 0.3) is 0 Å². The van der Waals surface area contributed by atoms with Crippen LogP contribution >= 0.6 is 0 Å². The third-order valence-electron chi connectivity index (χ3n) is 3.08. The SMILES string of the molecule is CCC(NC(C)(C)O)Oc1cccc(C(C)C(=O)OC)c1. The van der Waals surface area contributed by atoms with Gasteiger partial charge in [0.2, 0.25) is 0 Å². The number of hydrogen-bond acceptors (Lipinski definition) is 5. The lowest BCUT2D eigenvalue weighted by Gasteiger charge is -2.27. The molecule has 0 aliphatic heterocycles. The molecule has 2 N–H and O–H groups in total. The Morgan fingerprint density at radius 3 is 2.62 bits per heavy atom. The summed E-state index contributed by atoms with van der Waals surface area (Å²) in [4.78, 5) is 11.6. The summed E-state index contributed by atoms with van der Waals surface area (Å²) >= 11 is 0. The van der Waals surface area contributed by atoms with Crippen LogP contribution in [0.1, 0.15) is 45.6 Å². The minimum atomic E-state index is -1.02. The van der Waals surface area contributed by atoms with Crippen LogP contribution in [0.5, 0.6) is 5.75 Å². The molecule has 0 aromatic heterocycles. The van der Waals surface area contributed by atoms with Crippen molar-refractivity contribution in [2.45, 2.75) is 52.0 Å². The molecule has 2 unspecified atom stereocenters. The van der Waals surface area contributed by atoms with E-state index in [4.69, 9.17) is 9.47 Å². The van der Waals surface area contributed by atoms with Crippen LogP contribution in [-0.2, 0) is 9.53 Å². The highest BCUT2D eigenvalue weighted by molar-refractivity contribution is 5.77. The number of benzene rings is 1. The van der Waals surface area contributed by atoms with Gasteiger partial charge in [0, 0.05) is 0 Å². The van der Waals surface area contributed by atoms with Gasteiger partial charge in [-0.2, -0.15) is 0 Å². The fraction of sp³-hybridized carbons (Fsp3) is 0.562. The Morgan fingerprint density at radius 1 is 1.43 bits per heavy atom. The van der Waals surface area contributed by atoms with Crippen molar-refractivity contribution in [3.05, 3.63) is 29.8 Å². The van der Waals surface area contributed by atoms with Crippen LogP contribution in [0.3, 0.4) is 0 Å². The first kappa shape index (κ1) is 17.5. The number of nitrogens with one attached hydrogen (secondary N) is 1. The number of carbonyl (C=O) groups is 1. The highest BCUT2D eigenvalue weighted by Gasteiger charge is 2.20. The fourth-order valence-corrected chi connectivity index (χ4v) is 1.94. The number of carbonyl (C=O) groups excluding carboxylic acids is 1. The molecular weight excluding hydrogens is 270 g/mol. The van der Waals surface area contributed by atoms with Crippen molar-refractivity contribution in [3.63, 3.8) is 0 Å². The van der Waals surface area contributed by atoms with Gasteiger partial charge < -0.3 is 14.6 Å². The van der Waals surface area contributed by atoms with E-state index < -0.39 is 5.72 Å². The van der Waals surface area contributed by atoms with E-state index >= 15 is 0 Å². The van der Waals surface area contributed by atoms with E-state index in [1.165, 1.54) is 7.11 Å². The number of esters is 1. The summed E-state index contributed by atoms with van der Waals surface area (Å²) in [5, 5.41) is 12.8. The second-order valence-electron chi connectivity index (χ2n) is 5.54. The molecule has 1 rings (SSSR count). The Morgan fingerprint density at radius 2 is 2.10 bits per heavy atom. The van der Waals surface area contributed by atoms with E-state index in [1.807, 2.05) is 31.2 Å². The quantitative estimate of drug-likeness (QED) is 0.597. The molecule has 0 saturated heterocycles. The first-order valence-corrected chi connectivity index (χ1v) is 7.11. The number of aliphatic hydroxyl groups is 1. The van der Waals surface area contributed by atoms with Gasteiger partial charge in [-0.3, -0.25) is 10.1 Å². The van der Waals surface area contributed by atoms with Crippen molar-refractivity contribution in [2.75, 3.05) is 7.11 Å². The second kappa shape index (κ2) is 7.43. The van der Waals surface area contributed by atoms with Gasteiger partial charge in [-0.15, -0.1) is 0 Å². The summed E-state index contributed by atoms with van der Waals surface area (Å²) in [5.74, 6) is 0.0153. The molecule has 0 fully saturated rings. The Bertz CT molecular complexity index is 468. The minimum absolute atomic E-state index is 0.284. The van der Waals surface area contributed by atoms with Gasteiger partial charge in [0.1, 0.15) is 11.5 Å². The molecule has 2 atom stereocenters. The molecule has 0 spiro atoms. The Kier molecular flexibility index (Phi) is 6.18. The minimum Gasteiger partial charge on any atom is -0.475 e. The normalized spacial score (nSPS) is 14.4. The van der Waals surface area contributed by atoms with Crippen molar-refractivity contribution in [1.82, 2.24) is 5.32 Å². The molecule has 0 bridgehead atoms. The van der Waals surface area contributed by atoms with Gasteiger partial charge in [0.05, 0.1) is 13.0 Å².